The Morgan fingerprint density at radius 1 is 0.534 bits per heavy atom. The number of aromatic nitrogens is 7. The zero-order valence-corrected chi connectivity index (χ0v) is 85.6. The van der Waals surface area contributed by atoms with Crippen molar-refractivity contribution in [1.82, 2.24) is 39.8 Å². The summed E-state index contributed by atoms with van der Waals surface area (Å²) in [5.74, 6) is 1.02. The van der Waals surface area contributed by atoms with Crippen molar-refractivity contribution in [2.24, 2.45) is 0 Å². The molecule has 0 radical (unpaired) electrons. The first kappa shape index (κ1) is 105. The number of alkyl halides is 2. The normalized spacial score (nSPS) is 10.1. The number of halogens is 3. The summed E-state index contributed by atoms with van der Waals surface area (Å²) in [7, 11) is -3.95. The summed E-state index contributed by atoms with van der Waals surface area (Å²) in [6, 6.07) is 36.8. The predicted molar refractivity (Wildman–Crippen MR) is 439 cm³/mol. The number of ether oxygens (including phenoxy) is 1. The SMILES string of the molecule is C.C.C.C=C(OCC)c1ccc2nccc([NH-])c2c1.CI.CN(CCS(C)(=O)=O)Cc1nc(-c2ccc3nccc([NH-])c3c2)cs1.CS(=O)(=O)CCCCc1nc(-c2ccc3nccc([NH-])c3c2)cs1.Cc1ccc2nccc([NH-])c2c1.I.[NH-]c1ccnc2ccc(C(=O)CBr)cc12.[U].[U].[U].[U].[U]. The molecular formula is C72H83BrI2N13O6S4U5-5. The maximum absolute atomic E-state index is 11.4. The third-order valence-corrected chi connectivity index (χ3v) is 18.3. The van der Waals surface area contributed by atoms with Crippen molar-refractivity contribution in [3.05, 3.63) is 225 Å². The van der Waals surface area contributed by atoms with Gasteiger partial charge in [-0.2, -0.15) is 0 Å². The van der Waals surface area contributed by atoms with Crippen molar-refractivity contribution in [3.63, 3.8) is 0 Å². The maximum atomic E-state index is 11.4. The van der Waals surface area contributed by atoms with Crippen molar-refractivity contribution >= 4 is 199 Å². The minimum Gasteiger partial charge on any atom is -0.698 e. The van der Waals surface area contributed by atoms with Crippen molar-refractivity contribution in [1.29, 1.82) is 0 Å². The molecule has 5 N–H and O–H groups in total. The van der Waals surface area contributed by atoms with Gasteiger partial charge in [0, 0.05) is 244 Å². The maximum Gasteiger partial charge on any atom is 0.173 e. The van der Waals surface area contributed by atoms with Gasteiger partial charge in [-0.3, -0.25) is 34.6 Å². The van der Waals surface area contributed by atoms with Gasteiger partial charge in [-0.15, -0.1) is 75.1 Å². The number of hydrogen-bond acceptors (Lipinski definition) is 16. The van der Waals surface area contributed by atoms with E-state index in [0.29, 0.717) is 76.6 Å². The van der Waals surface area contributed by atoms with Gasteiger partial charge in [0.2, 0.25) is 0 Å². The molecule has 0 saturated heterocycles. The number of carbonyl (C=O) groups excluding carboxylic acids is 1. The summed E-state index contributed by atoms with van der Waals surface area (Å²) < 4.78 is 50.1. The molecule has 0 aliphatic carbocycles. The average molecular weight is 2880 g/mol. The molecule has 0 spiro atoms. The van der Waals surface area contributed by atoms with E-state index in [1.165, 1.54) is 18.1 Å². The fourth-order valence-corrected chi connectivity index (χ4v) is 12.6. The van der Waals surface area contributed by atoms with Gasteiger partial charge in [-0.05, 0) is 139 Å². The quantitative estimate of drug-likeness (QED) is 0.0269. The number of thiazole rings is 2. The van der Waals surface area contributed by atoms with Gasteiger partial charge in [0.05, 0.1) is 68.2 Å². The number of aryl methyl sites for hydroxylation is 2. The molecule has 12 rings (SSSR count). The smallest absolute Gasteiger partial charge is 0.173 e. The number of ketones is 1. The number of pyridine rings is 5. The number of nitrogens with zero attached hydrogens (tertiary/aromatic N) is 8. The van der Waals surface area contributed by atoms with Crippen molar-refractivity contribution in [2.75, 3.05) is 54.5 Å². The van der Waals surface area contributed by atoms with Crippen LogP contribution in [-0.2, 0) is 37.4 Å². The number of unbranched alkanes of at least 4 members (excludes halogenated alkanes) is 1. The molecule has 103 heavy (non-hydrogen) atoms. The molecule has 7 aromatic heterocycles. The Morgan fingerprint density at radius 2 is 0.893 bits per heavy atom. The summed E-state index contributed by atoms with van der Waals surface area (Å²) in [4.78, 5) is 45.7. The Balaban J connectivity index is -0.00000121. The molecule has 19 nitrogen and oxygen atoms in total. The Labute approximate surface area is 773 Å². The van der Waals surface area contributed by atoms with Gasteiger partial charge in [-0.1, -0.05) is 128 Å². The van der Waals surface area contributed by atoms with Crippen molar-refractivity contribution in [2.45, 2.75) is 61.9 Å². The van der Waals surface area contributed by atoms with Gasteiger partial charge in [0.1, 0.15) is 30.4 Å². The van der Waals surface area contributed by atoms with Crippen molar-refractivity contribution < 1.29 is 182 Å². The van der Waals surface area contributed by atoms with Gasteiger partial charge < -0.3 is 33.4 Å². The van der Waals surface area contributed by atoms with Crippen LogP contribution in [0.25, 0.3) is 111 Å². The molecule has 7 heterocycles. The number of Topliss-reactive ketones (excluding diaryl/α,β-unsaturated/α-hetero) is 1. The Bertz CT molecular complexity index is 4860. The van der Waals surface area contributed by atoms with E-state index in [4.69, 9.17) is 33.4 Å². The van der Waals surface area contributed by atoms with E-state index >= 15 is 0 Å². The number of fused-ring (bicyclic) bond motifs is 5. The summed E-state index contributed by atoms with van der Waals surface area (Å²) in [6.45, 7) is 9.48. The molecule has 0 saturated carbocycles. The van der Waals surface area contributed by atoms with Gasteiger partial charge >= 0.3 is 0 Å². The first-order valence-corrected chi connectivity index (χ1v) is 38.3. The fraction of sp³-hybridized carbons (Fsp3) is 0.250. The van der Waals surface area contributed by atoms with E-state index in [1.807, 2.05) is 114 Å². The molecule has 542 valence electrons. The van der Waals surface area contributed by atoms with Crippen LogP contribution < -0.4 is 0 Å². The van der Waals surface area contributed by atoms with Gasteiger partial charge in [-0.25, -0.2) is 26.8 Å². The summed E-state index contributed by atoms with van der Waals surface area (Å²) in [5, 5.41) is 10.3. The second-order valence-electron chi connectivity index (χ2n) is 21.4. The molecule has 31 heteroatoms. The number of hydrogen-bond donors (Lipinski definition) is 0. The second-order valence-corrected chi connectivity index (χ2v) is 28.3. The van der Waals surface area contributed by atoms with Crippen LogP contribution in [0.5, 0.6) is 0 Å². The van der Waals surface area contributed by atoms with Crippen LogP contribution in [0.2, 0.25) is 0 Å². The predicted octanol–water partition coefficient (Wildman–Crippen LogP) is 22.2. The van der Waals surface area contributed by atoms with Crippen LogP contribution in [0.15, 0.2) is 170 Å². The standard InChI is InChI=1S/C17H19N4O2S2.C17H18N3O2S2.C13H13N2O.C11H9BrN2O.C10H9N2.CH3I.3CH4.HI.5U/c1-21(7-8-25(2,22)23)10-17-20-16(11-24-17)12-3-4-15-13(9-12)14(18)5-6-19-15;1-24(21,22)9-3-2-4-17-20-16(11-23-17)12-5-6-15-13(10-12)14(18)7-8-19-15;1-3-16-9(2)10-4-5-13-11(8-10)12(14)6-7-15-13;12-6-11(15)7-1-2-10-8(5-7)9(13)3-4-14-10;1-7-2-3-10-8(6-7)9(11)4-5-12-10;1-2;;;;;;;;;/h3-6,9,11H,7-8,10H2,1-2H3,(H-,18,19);5-8,10-11H,2-4,9H2,1H3,(H-,18,19);4-8H,2-3H2,1H3,(H-,14,15);1-5H,6H2,(H2,13,14,15);2-6H,1H3,(H-,11,12);1H3;3*1H4;1H;;;;;/q3*-1;;-1;;;;;;;;;;/p-1. The first-order valence-electron chi connectivity index (χ1n) is 29.2. The number of benzene rings is 5. The minimum atomic E-state index is -2.96. The van der Waals surface area contributed by atoms with E-state index in [2.05, 4.69) is 80.0 Å². The summed E-state index contributed by atoms with van der Waals surface area (Å²) in [5.41, 5.74) is 51.8. The first-order chi connectivity index (χ1) is 44.9. The number of sulfone groups is 2. The van der Waals surface area contributed by atoms with Gasteiger partial charge in [0.15, 0.2) is 5.78 Å². The Kier molecular flexibility index (Phi) is 52.9. The van der Waals surface area contributed by atoms with Crippen LogP contribution >= 0.6 is 85.2 Å². The third-order valence-electron chi connectivity index (χ3n) is 14.0. The molecule has 0 atom stereocenters. The van der Waals surface area contributed by atoms with Crippen LogP contribution in [0, 0.1) is 162 Å². The Morgan fingerprint density at radius 3 is 1.30 bits per heavy atom. The molecule has 0 unspecified atom stereocenters. The molecule has 0 aliphatic heterocycles. The molecule has 0 bridgehead atoms. The monoisotopic (exact) mass is 2880 g/mol. The van der Waals surface area contributed by atoms with E-state index in [9.17, 15) is 21.6 Å². The minimum absolute atomic E-state index is 0. The van der Waals surface area contributed by atoms with E-state index in [0.717, 1.165) is 100 Å². The van der Waals surface area contributed by atoms with Crippen LogP contribution in [-0.4, -0.2) is 117 Å². The molecule has 0 amide bonds. The molecular weight excluding hydrogens is 2800 g/mol. The average Bonchev–Trinajstić information content (AvgIpc) is 1.80. The van der Waals surface area contributed by atoms with E-state index in [1.54, 1.807) is 102 Å². The zero-order chi connectivity index (χ0) is 68.1. The second kappa shape index (κ2) is 52.0. The molecule has 0 fully saturated rings. The van der Waals surface area contributed by atoms with Crippen LogP contribution in [0.4, 0.5) is 28.4 Å². The Hall–Kier alpha value is -2.32. The number of nitrogens with one attached hydrogen (secondary N) is 5. The topological polar surface area (TPSA) is 307 Å². The summed E-state index contributed by atoms with van der Waals surface area (Å²) in [6.07, 6.45) is 13.0. The van der Waals surface area contributed by atoms with E-state index < -0.39 is 19.7 Å². The molecule has 12 aromatic rings. The number of carbonyl (C=O) groups is 1. The van der Waals surface area contributed by atoms with Crippen LogP contribution in [0.3, 0.4) is 0 Å². The molecule has 5 aromatic carbocycles. The largest absolute Gasteiger partial charge is 0.698 e. The summed E-state index contributed by atoms with van der Waals surface area (Å²) >= 11 is 8.41. The fourth-order valence-electron chi connectivity index (χ4n) is 9.19. The third kappa shape index (κ3) is 33.0. The van der Waals surface area contributed by atoms with Gasteiger partial charge in [0.25, 0.3) is 0 Å². The number of rotatable bonds is 17. The van der Waals surface area contributed by atoms with Crippen LogP contribution in [0.1, 0.15) is 73.5 Å². The van der Waals surface area contributed by atoms with E-state index in [-0.39, 0.29) is 219 Å². The zero-order valence-electron chi connectivity index (χ0n) is 55.5. The molecule has 0 aliphatic rings. The van der Waals surface area contributed by atoms with Crippen molar-refractivity contribution in [3.8, 4) is 22.5 Å².